The van der Waals surface area contributed by atoms with E-state index >= 15 is 0 Å². The van der Waals surface area contributed by atoms with E-state index in [0.717, 1.165) is 49.7 Å². The van der Waals surface area contributed by atoms with E-state index in [2.05, 4.69) is 34.1 Å². The number of aromatic nitrogens is 1. The molecule has 2 unspecified atom stereocenters. The normalized spacial score (nSPS) is 25.1. The van der Waals surface area contributed by atoms with Gasteiger partial charge in [-0.05, 0) is 76.0 Å². The van der Waals surface area contributed by atoms with Crippen LogP contribution >= 0.6 is 11.6 Å². The molecule has 0 spiro atoms. The van der Waals surface area contributed by atoms with Crippen LogP contribution in [0.5, 0.6) is 0 Å². The monoisotopic (exact) mass is 440 g/mol. The number of ketones is 1. The summed E-state index contributed by atoms with van der Waals surface area (Å²) in [7, 11) is 2.10. The molecule has 1 aromatic carbocycles. The van der Waals surface area contributed by atoms with E-state index in [1.807, 2.05) is 12.1 Å². The molecule has 2 fully saturated rings. The molecule has 0 radical (unpaired) electrons. The Morgan fingerprint density at radius 3 is 2.77 bits per heavy atom. The summed E-state index contributed by atoms with van der Waals surface area (Å²) in [6.07, 6.45) is 4.91. The number of H-pyrrole nitrogens is 1. The van der Waals surface area contributed by atoms with Crippen molar-refractivity contribution in [3.63, 3.8) is 0 Å². The maximum Gasteiger partial charge on any atom is 0.296 e. The smallest absolute Gasteiger partial charge is 0.296 e. The molecular weight excluding hydrogens is 412 g/mol. The van der Waals surface area contributed by atoms with Crippen LogP contribution in [0.3, 0.4) is 0 Å². The summed E-state index contributed by atoms with van der Waals surface area (Å²) in [5.74, 6) is 5.57. The molecule has 31 heavy (non-hydrogen) atoms. The summed E-state index contributed by atoms with van der Waals surface area (Å²) in [6.45, 7) is 2.00. The number of halogens is 1. The first-order valence-corrected chi connectivity index (χ1v) is 11.4. The van der Waals surface area contributed by atoms with Gasteiger partial charge in [-0.1, -0.05) is 30.4 Å². The number of nitrogens with zero attached hydrogens (tertiary/aromatic N) is 1. The van der Waals surface area contributed by atoms with Crippen molar-refractivity contribution < 1.29 is 9.59 Å². The lowest BCUT2D eigenvalue weighted by atomic mass is 9.74. The molecule has 7 heteroatoms. The average Bonchev–Trinajstić information content (AvgIpc) is 3.17. The molecule has 1 aliphatic carbocycles. The van der Waals surface area contributed by atoms with Gasteiger partial charge in [-0.15, -0.1) is 0 Å². The van der Waals surface area contributed by atoms with Crippen molar-refractivity contribution in [2.75, 3.05) is 20.1 Å². The number of benzene rings is 1. The first kappa shape index (κ1) is 21.9. The molecule has 2 aliphatic rings. The summed E-state index contributed by atoms with van der Waals surface area (Å²) in [4.78, 5) is 31.4. The van der Waals surface area contributed by atoms with Crippen LogP contribution in [-0.4, -0.2) is 53.3 Å². The number of piperidine rings is 1. The fraction of sp³-hybridized carbons (Fsp3) is 0.500. The number of amides is 1. The lowest BCUT2D eigenvalue weighted by Crippen LogP contribution is -2.64. The molecule has 2 atom stereocenters. The van der Waals surface area contributed by atoms with Crippen LogP contribution < -0.4 is 11.1 Å². The maximum atomic E-state index is 13.4. The second-order valence-corrected chi connectivity index (χ2v) is 9.34. The highest BCUT2D eigenvalue weighted by Gasteiger charge is 2.45. The fourth-order valence-corrected chi connectivity index (χ4v) is 4.84. The molecule has 1 aromatic heterocycles. The third kappa shape index (κ3) is 4.79. The number of Topliss-reactive ketones (excluding diaryl/α,β-unsaturated/α-hetero) is 1. The third-order valence-electron chi connectivity index (χ3n) is 6.62. The van der Waals surface area contributed by atoms with Crippen molar-refractivity contribution in [2.24, 2.45) is 11.7 Å². The molecule has 1 aliphatic heterocycles. The topological polar surface area (TPSA) is 91.2 Å². The Bertz CT molecular complexity index is 1040. The van der Waals surface area contributed by atoms with Gasteiger partial charge >= 0.3 is 0 Å². The van der Waals surface area contributed by atoms with Crippen LogP contribution in [-0.2, 0) is 4.79 Å². The van der Waals surface area contributed by atoms with E-state index in [9.17, 15) is 9.59 Å². The number of nitrogens with one attached hydrogen (secondary N) is 2. The van der Waals surface area contributed by atoms with Gasteiger partial charge in [0.25, 0.3) is 5.91 Å². The Hall–Kier alpha value is -2.33. The van der Waals surface area contributed by atoms with Gasteiger partial charge in [0.05, 0.1) is 11.7 Å². The van der Waals surface area contributed by atoms with Crippen molar-refractivity contribution in [1.82, 2.24) is 15.2 Å². The molecule has 4 rings (SSSR count). The van der Waals surface area contributed by atoms with Crippen LogP contribution in [0.1, 0.15) is 49.0 Å². The Balaban J connectivity index is 1.49. The highest BCUT2D eigenvalue weighted by Crippen LogP contribution is 2.31. The number of carbonyl (C=O) groups is 2. The minimum Gasteiger partial charge on any atom is -0.352 e. The maximum absolute atomic E-state index is 13.4. The summed E-state index contributed by atoms with van der Waals surface area (Å²) in [6, 6.07) is 6.77. The zero-order valence-corrected chi connectivity index (χ0v) is 18.6. The number of carbonyl (C=O) groups excluding carboxylic acids is 2. The van der Waals surface area contributed by atoms with Gasteiger partial charge in [0.1, 0.15) is 5.54 Å². The van der Waals surface area contributed by atoms with Gasteiger partial charge < -0.3 is 20.9 Å². The molecule has 1 saturated carbocycles. The molecule has 1 saturated heterocycles. The Morgan fingerprint density at radius 1 is 1.23 bits per heavy atom. The zero-order chi connectivity index (χ0) is 22.0. The number of aromatic amines is 1. The predicted octanol–water partition coefficient (Wildman–Crippen LogP) is 3.11. The molecule has 1 amide bonds. The molecule has 6 nitrogen and oxygen atoms in total. The lowest BCUT2D eigenvalue weighted by Gasteiger charge is -2.39. The highest BCUT2D eigenvalue weighted by atomic mass is 35.5. The molecular formula is C24H29ClN4O2. The number of fused-ring (bicyclic) bond motifs is 1. The quantitative estimate of drug-likeness (QED) is 0.505. The van der Waals surface area contributed by atoms with Gasteiger partial charge in [-0.3, -0.25) is 9.59 Å². The SMILES string of the molecule is CN1CCC(C#CC(=O)NC2CCCCC2(N)C(=O)c2cc3cc(Cl)ccc3[nH]2)CC1. The van der Waals surface area contributed by atoms with Gasteiger partial charge in [0, 0.05) is 21.8 Å². The van der Waals surface area contributed by atoms with E-state index in [0.29, 0.717) is 23.6 Å². The predicted molar refractivity (Wildman–Crippen MR) is 123 cm³/mol. The Labute approximate surface area is 187 Å². The third-order valence-corrected chi connectivity index (χ3v) is 6.85. The summed E-state index contributed by atoms with van der Waals surface area (Å²) in [5, 5.41) is 4.42. The first-order chi connectivity index (χ1) is 14.8. The van der Waals surface area contributed by atoms with Crippen LogP contribution in [0.15, 0.2) is 24.3 Å². The van der Waals surface area contributed by atoms with Gasteiger partial charge in [-0.2, -0.15) is 0 Å². The Morgan fingerprint density at radius 2 is 2.00 bits per heavy atom. The molecule has 2 heterocycles. The molecule has 0 bridgehead atoms. The highest BCUT2D eigenvalue weighted by molar-refractivity contribution is 6.31. The van der Waals surface area contributed by atoms with Crippen molar-refractivity contribution in [3.05, 3.63) is 35.0 Å². The zero-order valence-electron chi connectivity index (χ0n) is 17.8. The summed E-state index contributed by atoms with van der Waals surface area (Å²) in [5.41, 5.74) is 6.78. The minimum absolute atomic E-state index is 0.187. The molecule has 164 valence electrons. The van der Waals surface area contributed by atoms with Crippen LogP contribution in [0.25, 0.3) is 10.9 Å². The summed E-state index contributed by atoms with van der Waals surface area (Å²) < 4.78 is 0. The summed E-state index contributed by atoms with van der Waals surface area (Å²) >= 11 is 6.07. The van der Waals surface area contributed by atoms with E-state index in [1.165, 1.54) is 0 Å². The van der Waals surface area contributed by atoms with Gasteiger partial charge in [-0.25, -0.2) is 0 Å². The Kier molecular flexibility index (Phi) is 6.38. The molecule has 4 N–H and O–H groups in total. The van der Waals surface area contributed by atoms with Crippen LogP contribution in [0.2, 0.25) is 5.02 Å². The van der Waals surface area contributed by atoms with Crippen LogP contribution in [0, 0.1) is 17.8 Å². The second-order valence-electron chi connectivity index (χ2n) is 8.90. The molecule has 2 aromatic rings. The lowest BCUT2D eigenvalue weighted by molar-refractivity contribution is -0.116. The van der Waals surface area contributed by atoms with E-state index < -0.39 is 11.6 Å². The largest absolute Gasteiger partial charge is 0.352 e. The average molecular weight is 441 g/mol. The number of rotatable bonds is 3. The second kappa shape index (κ2) is 9.04. The number of hydrogen-bond donors (Lipinski definition) is 3. The van der Waals surface area contributed by atoms with Crippen molar-refractivity contribution >= 4 is 34.2 Å². The van der Waals surface area contributed by atoms with Crippen molar-refractivity contribution in [2.45, 2.75) is 50.1 Å². The van der Waals surface area contributed by atoms with Crippen LogP contribution in [0.4, 0.5) is 0 Å². The number of nitrogens with two attached hydrogens (primary N) is 1. The fourth-order valence-electron chi connectivity index (χ4n) is 4.66. The van der Waals surface area contributed by atoms with E-state index in [4.69, 9.17) is 17.3 Å². The van der Waals surface area contributed by atoms with Crippen molar-refractivity contribution in [1.29, 1.82) is 0 Å². The standard InChI is InChI=1S/C24H29ClN4O2/c1-29-12-9-16(10-13-29)5-8-22(30)28-21-4-2-3-11-24(21,26)23(31)20-15-17-14-18(25)6-7-19(17)27-20/h6-7,14-16,21,27H,2-4,9-13,26H2,1H3,(H,28,30). The number of hydrogen-bond acceptors (Lipinski definition) is 4. The van der Waals surface area contributed by atoms with Gasteiger partial charge in [0.15, 0.2) is 0 Å². The number of likely N-dealkylation sites (tertiary alicyclic amines) is 1. The van der Waals surface area contributed by atoms with Gasteiger partial charge in [0.2, 0.25) is 5.78 Å². The van der Waals surface area contributed by atoms with E-state index in [1.54, 1.807) is 12.1 Å². The first-order valence-electron chi connectivity index (χ1n) is 11.0. The minimum atomic E-state index is -1.16. The van der Waals surface area contributed by atoms with Crippen molar-refractivity contribution in [3.8, 4) is 11.8 Å². The van der Waals surface area contributed by atoms with E-state index in [-0.39, 0.29) is 17.6 Å².